The van der Waals surface area contributed by atoms with Gasteiger partial charge in [0.05, 0.1) is 23.5 Å². The van der Waals surface area contributed by atoms with Crippen LogP contribution in [0.2, 0.25) is 5.02 Å². The number of aryl methyl sites for hydroxylation is 1. The van der Waals surface area contributed by atoms with Gasteiger partial charge >= 0.3 is 12.1 Å². The lowest BCUT2D eigenvalue weighted by atomic mass is 10.2. The number of carbonyl (C=O) groups is 3. The van der Waals surface area contributed by atoms with Gasteiger partial charge in [-0.25, -0.2) is 9.78 Å². The molecule has 3 rings (SSSR count). The summed E-state index contributed by atoms with van der Waals surface area (Å²) in [4.78, 5) is 43.4. The predicted octanol–water partition coefficient (Wildman–Crippen LogP) is 2.94. The summed E-state index contributed by atoms with van der Waals surface area (Å²) in [6.07, 6.45) is 1.06. The minimum atomic E-state index is -0.940. The zero-order valence-corrected chi connectivity index (χ0v) is 20.9. The molecule has 0 fully saturated rings. The van der Waals surface area contributed by atoms with Gasteiger partial charge in [0.15, 0.2) is 5.69 Å². The topological polar surface area (TPSA) is 141 Å². The molecule has 190 valence electrons. The molecule has 1 unspecified atom stereocenters. The minimum absolute atomic E-state index is 0.0123. The first-order valence-electron chi connectivity index (χ1n) is 10.9. The van der Waals surface area contributed by atoms with Crippen molar-refractivity contribution >= 4 is 41.1 Å². The van der Waals surface area contributed by atoms with Crippen LogP contribution in [0.1, 0.15) is 34.8 Å². The average Bonchev–Trinajstić information content (AvgIpc) is 3.35. The number of hydrogen-bond donors (Lipinski definition) is 2. The van der Waals surface area contributed by atoms with E-state index in [1.54, 1.807) is 38.2 Å². The molecule has 0 saturated heterocycles. The SMILES string of the molecule is CNCC(=O)OCc1cccnc1N(C)C(=O)OC(C)n1ncc(C(=O)Nc2ccc(C)cc2Cl)n1. The Balaban J connectivity index is 1.63. The Morgan fingerprint density at radius 3 is 2.75 bits per heavy atom. The molecule has 0 saturated carbocycles. The van der Waals surface area contributed by atoms with Gasteiger partial charge in [-0.3, -0.25) is 14.5 Å². The highest BCUT2D eigenvalue weighted by atomic mass is 35.5. The van der Waals surface area contributed by atoms with E-state index in [0.29, 0.717) is 16.3 Å². The largest absolute Gasteiger partial charge is 0.460 e. The number of aromatic nitrogens is 4. The zero-order valence-electron chi connectivity index (χ0n) is 20.2. The number of amides is 2. The van der Waals surface area contributed by atoms with Crippen LogP contribution in [-0.4, -0.2) is 58.6 Å². The Labute approximate surface area is 212 Å². The second-order valence-corrected chi connectivity index (χ2v) is 8.11. The van der Waals surface area contributed by atoms with E-state index in [1.165, 1.54) is 24.3 Å². The number of benzene rings is 1. The van der Waals surface area contributed by atoms with Gasteiger partial charge in [0.1, 0.15) is 12.4 Å². The van der Waals surface area contributed by atoms with Crippen LogP contribution in [0.4, 0.5) is 16.3 Å². The van der Waals surface area contributed by atoms with E-state index in [2.05, 4.69) is 25.8 Å². The van der Waals surface area contributed by atoms with Crippen molar-refractivity contribution in [3.63, 3.8) is 0 Å². The number of anilines is 2. The smallest absolute Gasteiger partial charge is 0.417 e. The van der Waals surface area contributed by atoms with Crippen molar-refractivity contribution in [3.8, 4) is 0 Å². The van der Waals surface area contributed by atoms with Crippen molar-refractivity contribution in [1.29, 1.82) is 0 Å². The highest BCUT2D eigenvalue weighted by Gasteiger charge is 2.22. The number of ether oxygens (including phenoxy) is 2. The number of pyridine rings is 1. The van der Waals surface area contributed by atoms with Crippen molar-refractivity contribution in [3.05, 3.63) is 64.6 Å². The molecule has 2 aromatic heterocycles. The summed E-state index contributed by atoms with van der Waals surface area (Å²) in [6, 6.07) is 8.58. The molecule has 0 aliphatic heterocycles. The maximum absolute atomic E-state index is 12.7. The number of nitrogens with zero attached hydrogens (tertiary/aromatic N) is 5. The second kappa shape index (κ2) is 12.1. The Kier molecular flexibility index (Phi) is 8.92. The summed E-state index contributed by atoms with van der Waals surface area (Å²) in [6.45, 7) is 3.42. The van der Waals surface area contributed by atoms with Crippen LogP contribution in [0, 0.1) is 6.92 Å². The number of halogens is 1. The fourth-order valence-corrected chi connectivity index (χ4v) is 3.30. The summed E-state index contributed by atoms with van der Waals surface area (Å²) >= 11 is 6.16. The molecule has 0 aliphatic rings. The van der Waals surface area contributed by atoms with Crippen LogP contribution in [-0.2, 0) is 20.9 Å². The van der Waals surface area contributed by atoms with Crippen molar-refractivity contribution < 1.29 is 23.9 Å². The second-order valence-electron chi connectivity index (χ2n) is 7.71. The molecular formula is C23H26ClN7O5. The number of hydrogen-bond acceptors (Lipinski definition) is 9. The Morgan fingerprint density at radius 1 is 1.25 bits per heavy atom. The molecule has 3 aromatic rings. The molecule has 2 heterocycles. The van der Waals surface area contributed by atoms with Gasteiger partial charge in [-0.15, -0.1) is 9.90 Å². The van der Waals surface area contributed by atoms with Crippen LogP contribution in [0.3, 0.4) is 0 Å². The maximum atomic E-state index is 12.7. The monoisotopic (exact) mass is 515 g/mol. The summed E-state index contributed by atoms with van der Waals surface area (Å²) < 4.78 is 10.6. The fraction of sp³-hybridized carbons (Fsp3) is 0.304. The first-order chi connectivity index (χ1) is 17.2. The van der Waals surface area contributed by atoms with E-state index in [-0.39, 0.29) is 24.7 Å². The molecule has 0 bridgehead atoms. The molecule has 0 spiro atoms. The van der Waals surface area contributed by atoms with Gasteiger partial charge in [0.2, 0.25) is 6.23 Å². The predicted molar refractivity (Wildman–Crippen MR) is 132 cm³/mol. The molecule has 2 N–H and O–H groups in total. The van der Waals surface area contributed by atoms with Gasteiger partial charge in [0.25, 0.3) is 5.91 Å². The standard InChI is InChI=1S/C23H26ClN7O5/c1-14-7-8-18(17(24)10-14)28-22(33)19-11-27-31(29-19)15(2)36-23(34)30(4)21-16(6-5-9-26-21)13-35-20(32)12-25-3/h5-11,15,25H,12-13H2,1-4H3,(H,28,33). The Hall–Kier alpha value is -4.03. The number of esters is 1. The van der Waals surface area contributed by atoms with Gasteiger partial charge in [-0.2, -0.15) is 5.10 Å². The quantitative estimate of drug-likeness (QED) is 0.411. The first-order valence-corrected chi connectivity index (χ1v) is 11.2. The number of carbonyl (C=O) groups excluding carboxylic acids is 3. The molecule has 0 radical (unpaired) electrons. The maximum Gasteiger partial charge on any atom is 0.417 e. The summed E-state index contributed by atoms with van der Waals surface area (Å²) in [5.74, 6) is -0.704. The number of rotatable bonds is 9. The highest BCUT2D eigenvalue weighted by Crippen LogP contribution is 2.23. The summed E-state index contributed by atoms with van der Waals surface area (Å²) in [7, 11) is 3.10. The lowest BCUT2D eigenvalue weighted by Gasteiger charge is -2.21. The van der Waals surface area contributed by atoms with Crippen molar-refractivity contribution in [2.24, 2.45) is 0 Å². The third-order valence-electron chi connectivity index (χ3n) is 4.88. The molecule has 0 aliphatic carbocycles. The molecule has 12 nitrogen and oxygen atoms in total. The van der Waals surface area contributed by atoms with Crippen LogP contribution in [0.5, 0.6) is 0 Å². The highest BCUT2D eigenvalue weighted by molar-refractivity contribution is 6.34. The van der Waals surface area contributed by atoms with Crippen molar-refractivity contribution in [2.75, 3.05) is 30.9 Å². The van der Waals surface area contributed by atoms with Gasteiger partial charge in [-0.05, 0) is 44.7 Å². The number of nitrogens with one attached hydrogen (secondary N) is 2. The first kappa shape index (κ1) is 26.6. The fourth-order valence-electron chi connectivity index (χ4n) is 3.02. The third kappa shape index (κ3) is 6.77. The van der Waals surface area contributed by atoms with Crippen LogP contribution >= 0.6 is 11.6 Å². The minimum Gasteiger partial charge on any atom is -0.460 e. The van der Waals surface area contributed by atoms with Crippen molar-refractivity contribution in [1.82, 2.24) is 25.3 Å². The summed E-state index contributed by atoms with van der Waals surface area (Å²) in [5.41, 5.74) is 1.92. The molecule has 1 atom stereocenters. The summed E-state index contributed by atoms with van der Waals surface area (Å²) in [5, 5.41) is 13.9. The van der Waals surface area contributed by atoms with E-state index in [9.17, 15) is 14.4 Å². The van der Waals surface area contributed by atoms with Crippen LogP contribution in [0.15, 0.2) is 42.7 Å². The molecular weight excluding hydrogens is 490 g/mol. The van der Waals surface area contributed by atoms with Gasteiger partial charge in [0, 0.05) is 18.8 Å². The van der Waals surface area contributed by atoms with Crippen molar-refractivity contribution in [2.45, 2.75) is 26.7 Å². The van der Waals surface area contributed by atoms with E-state index < -0.39 is 24.2 Å². The van der Waals surface area contributed by atoms with Gasteiger partial charge < -0.3 is 20.1 Å². The molecule has 13 heteroatoms. The normalized spacial score (nSPS) is 11.5. The Morgan fingerprint density at radius 2 is 2.03 bits per heavy atom. The van der Waals surface area contributed by atoms with E-state index in [4.69, 9.17) is 21.1 Å². The number of likely N-dealkylation sites (N-methyl/N-ethyl adjacent to an activating group) is 1. The van der Waals surface area contributed by atoms with Crippen LogP contribution < -0.4 is 15.5 Å². The van der Waals surface area contributed by atoms with E-state index in [0.717, 1.165) is 10.4 Å². The van der Waals surface area contributed by atoms with Crippen LogP contribution in [0.25, 0.3) is 0 Å². The lowest BCUT2D eigenvalue weighted by molar-refractivity contribution is -0.143. The molecule has 36 heavy (non-hydrogen) atoms. The Bertz CT molecular complexity index is 1250. The van der Waals surface area contributed by atoms with Gasteiger partial charge in [-0.1, -0.05) is 23.7 Å². The zero-order chi connectivity index (χ0) is 26.2. The molecule has 1 aromatic carbocycles. The lowest BCUT2D eigenvalue weighted by Crippen LogP contribution is -2.31. The average molecular weight is 516 g/mol. The van der Waals surface area contributed by atoms with E-state index >= 15 is 0 Å². The molecule has 2 amide bonds. The van der Waals surface area contributed by atoms with E-state index in [1.807, 2.05) is 13.0 Å². The third-order valence-corrected chi connectivity index (χ3v) is 5.19.